The highest BCUT2D eigenvalue weighted by Crippen LogP contribution is 2.37. The number of hydrogen-bond acceptors (Lipinski definition) is 6. The summed E-state index contributed by atoms with van der Waals surface area (Å²) in [5.41, 5.74) is 3.92. The Morgan fingerprint density at radius 2 is 2.03 bits per heavy atom. The van der Waals surface area contributed by atoms with Crippen LogP contribution in [0.1, 0.15) is 29.7 Å². The fourth-order valence-corrected chi connectivity index (χ4v) is 5.43. The maximum Gasteiger partial charge on any atom is 0.236 e. The molecule has 2 aromatic heterocycles. The first kappa shape index (κ1) is 20.9. The molecule has 0 saturated carbocycles. The van der Waals surface area contributed by atoms with Crippen LogP contribution in [0, 0.1) is 35.9 Å². The normalized spacial score (nSPS) is 20.6. The number of rotatable bonds is 4. The molecule has 0 spiro atoms. The van der Waals surface area contributed by atoms with Gasteiger partial charge in [-0.15, -0.1) is 0 Å². The third-order valence-corrected chi connectivity index (χ3v) is 7.31. The molecular formula is C26H25FN6O. The van der Waals surface area contributed by atoms with E-state index in [0.29, 0.717) is 40.2 Å². The Hall–Kier alpha value is -3.70. The van der Waals surface area contributed by atoms with Gasteiger partial charge in [-0.25, -0.2) is 9.37 Å². The van der Waals surface area contributed by atoms with Crippen molar-refractivity contribution in [3.05, 3.63) is 65.2 Å². The smallest absolute Gasteiger partial charge is 0.236 e. The van der Waals surface area contributed by atoms with E-state index in [1.165, 1.54) is 0 Å². The van der Waals surface area contributed by atoms with E-state index in [4.69, 9.17) is 9.72 Å². The lowest BCUT2D eigenvalue weighted by atomic mass is 9.98. The second-order valence-electron chi connectivity index (χ2n) is 9.34. The van der Waals surface area contributed by atoms with Gasteiger partial charge in [0.2, 0.25) is 5.78 Å². The lowest BCUT2D eigenvalue weighted by Gasteiger charge is -2.23. The topological polar surface area (TPSA) is 78.5 Å². The number of nitriles is 1. The average Bonchev–Trinajstić information content (AvgIpc) is 3.55. The van der Waals surface area contributed by atoms with Gasteiger partial charge in [-0.3, -0.25) is 4.40 Å². The highest BCUT2D eigenvalue weighted by molar-refractivity contribution is 5.94. The Morgan fingerprint density at radius 1 is 1.24 bits per heavy atom. The molecule has 0 radical (unpaired) electrons. The molecule has 1 N–H and O–H groups in total. The van der Waals surface area contributed by atoms with Crippen LogP contribution in [0.2, 0.25) is 0 Å². The van der Waals surface area contributed by atoms with Gasteiger partial charge in [0.1, 0.15) is 11.6 Å². The van der Waals surface area contributed by atoms with Crippen LogP contribution in [0.25, 0.3) is 16.7 Å². The summed E-state index contributed by atoms with van der Waals surface area (Å²) < 4.78 is 22.8. The van der Waals surface area contributed by atoms with Crippen molar-refractivity contribution >= 4 is 28.2 Å². The number of fused-ring (bicyclic) bond motifs is 4. The molecule has 2 aliphatic rings. The number of ether oxygens (including phenoxy) is 1. The molecule has 2 aromatic carbocycles. The number of nitrogens with one attached hydrogen (secondary N) is 1. The number of nitrogens with zero attached hydrogens (tertiary/aromatic N) is 5. The van der Waals surface area contributed by atoms with Crippen LogP contribution < -0.4 is 10.2 Å². The largest absolute Gasteiger partial charge is 0.381 e. The zero-order chi connectivity index (χ0) is 23.4. The van der Waals surface area contributed by atoms with Crippen molar-refractivity contribution in [3.8, 4) is 6.07 Å². The fraction of sp³-hybridized carbons (Fsp3) is 0.346. The zero-order valence-electron chi connectivity index (χ0n) is 19.1. The van der Waals surface area contributed by atoms with E-state index in [-0.39, 0.29) is 11.9 Å². The van der Waals surface area contributed by atoms with Crippen LogP contribution in [0.3, 0.4) is 0 Å². The van der Waals surface area contributed by atoms with Gasteiger partial charge in [0.15, 0.2) is 0 Å². The molecule has 6 rings (SSSR count). The van der Waals surface area contributed by atoms with E-state index in [1.807, 2.05) is 42.5 Å². The molecule has 0 aliphatic carbocycles. The van der Waals surface area contributed by atoms with Crippen LogP contribution in [0.4, 0.5) is 15.9 Å². The molecule has 4 heterocycles. The summed E-state index contributed by atoms with van der Waals surface area (Å²) in [5, 5.41) is 13.8. The molecule has 3 atom stereocenters. The standard InChI is InChI=1S/C26H25FN6O/c1-15-17(10-28)4-3-5-20(15)16(2)30-25-21-8-24(32-11-18-13-34-14-19(18)12-32)22(27)9-23(21)33-7-6-29-26(33)31-25/h3-9,16,18-19H,11-14H2,1-2H3,(H,29,30,31). The number of benzene rings is 2. The molecule has 4 aromatic rings. The van der Waals surface area contributed by atoms with Crippen LogP contribution in [0.15, 0.2) is 42.7 Å². The van der Waals surface area contributed by atoms with Crippen molar-refractivity contribution < 1.29 is 9.13 Å². The minimum absolute atomic E-state index is 0.113. The molecule has 2 fully saturated rings. The summed E-state index contributed by atoms with van der Waals surface area (Å²) in [7, 11) is 0. The van der Waals surface area contributed by atoms with Crippen LogP contribution in [-0.2, 0) is 4.74 Å². The van der Waals surface area contributed by atoms with Gasteiger partial charge in [0.05, 0.1) is 42.1 Å². The molecule has 7 nitrogen and oxygen atoms in total. The molecular weight excluding hydrogens is 431 g/mol. The summed E-state index contributed by atoms with van der Waals surface area (Å²) in [4.78, 5) is 11.3. The zero-order valence-corrected chi connectivity index (χ0v) is 19.1. The van der Waals surface area contributed by atoms with Crippen molar-refractivity contribution in [2.24, 2.45) is 11.8 Å². The van der Waals surface area contributed by atoms with Crippen molar-refractivity contribution in [2.75, 3.05) is 36.5 Å². The van der Waals surface area contributed by atoms with E-state index >= 15 is 4.39 Å². The monoisotopic (exact) mass is 456 g/mol. The number of hydrogen-bond donors (Lipinski definition) is 1. The summed E-state index contributed by atoms with van der Waals surface area (Å²) in [6.45, 7) is 7.09. The first-order valence-corrected chi connectivity index (χ1v) is 11.6. The summed E-state index contributed by atoms with van der Waals surface area (Å²) >= 11 is 0. The Kier molecular flexibility index (Phi) is 4.89. The molecule has 0 amide bonds. The minimum Gasteiger partial charge on any atom is -0.381 e. The molecule has 3 unspecified atom stereocenters. The van der Waals surface area contributed by atoms with E-state index in [0.717, 1.165) is 42.8 Å². The molecule has 2 aliphatic heterocycles. The van der Waals surface area contributed by atoms with E-state index in [1.54, 1.807) is 18.5 Å². The van der Waals surface area contributed by atoms with Crippen molar-refractivity contribution in [2.45, 2.75) is 19.9 Å². The third kappa shape index (κ3) is 3.27. The van der Waals surface area contributed by atoms with Gasteiger partial charge < -0.3 is 15.0 Å². The Labute approximate surface area is 196 Å². The van der Waals surface area contributed by atoms with Crippen LogP contribution >= 0.6 is 0 Å². The van der Waals surface area contributed by atoms with E-state index in [2.05, 4.69) is 21.3 Å². The van der Waals surface area contributed by atoms with Gasteiger partial charge >= 0.3 is 0 Å². The Balaban J connectivity index is 1.44. The molecule has 8 heteroatoms. The van der Waals surface area contributed by atoms with Crippen molar-refractivity contribution in [1.29, 1.82) is 5.26 Å². The summed E-state index contributed by atoms with van der Waals surface area (Å²) in [6, 6.07) is 11.4. The van der Waals surface area contributed by atoms with Crippen LogP contribution in [0.5, 0.6) is 0 Å². The maximum atomic E-state index is 15.4. The van der Waals surface area contributed by atoms with Crippen molar-refractivity contribution in [3.63, 3.8) is 0 Å². The summed E-state index contributed by atoms with van der Waals surface area (Å²) in [6.07, 6.45) is 3.47. The predicted octanol–water partition coefficient (Wildman–Crippen LogP) is 4.46. The Bertz CT molecular complexity index is 1450. The second-order valence-corrected chi connectivity index (χ2v) is 9.34. The number of aromatic nitrogens is 3. The van der Waals surface area contributed by atoms with E-state index in [9.17, 15) is 5.26 Å². The first-order valence-electron chi connectivity index (χ1n) is 11.6. The average molecular weight is 457 g/mol. The summed E-state index contributed by atoms with van der Waals surface area (Å²) in [5.74, 6) is 1.82. The van der Waals surface area contributed by atoms with Gasteiger partial charge in [-0.05, 0) is 37.1 Å². The van der Waals surface area contributed by atoms with Gasteiger partial charge in [-0.2, -0.15) is 10.2 Å². The van der Waals surface area contributed by atoms with Gasteiger partial charge in [0.25, 0.3) is 0 Å². The predicted molar refractivity (Wildman–Crippen MR) is 128 cm³/mol. The third-order valence-electron chi connectivity index (χ3n) is 7.31. The molecule has 172 valence electrons. The maximum absolute atomic E-state index is 15.4. The highest BCUT2D eigenvalue weighted by Gasteiger charge is 2.38. The molecule has 2 saturated heterocycles. The SMILES string of the molecule is Cc1c(C#N)cccc1C(C)Nc1nc2nccn2c2cc(F)c(N3CC4COCC4C3)cc12. The lowest BCUT2D eigenvalue weighted by Crippen LogP contribution is -2.23. The molecule has 34 heavy (non-hydrogen) atoms. The van der Waals surface area contributed by atoms with Crippen LogP contribution in [-0.4, -0.2) is 40.7 Å². The highest BCUT2D eigenvalue weighted by atomic mass is 19.1. The van der Waals surface area contributed by atoms with Crippen molar-refractivity contribution in [1.82, 2.24) is 14.4 Å². The fourth-order valence-electron chi connectivity index (χ4n) is 5.43. The number of halogens is 1. The minimum atomic E-state index is -0.244. The lowest BCUT2D eigenvalue weighted by molar-refractivity contribution is 0.177. The first-order chi connectivity index (χ1) is 16.5. The van der Waals surface area contributed by atoms with Gasteiger partial charge in [-0.1, -0.05) is 12.1 Å². The number of anilines is 2. The van der Waals surface area contributed by atoms with E-state index < -0.39 is 0 Å². The number of imidazole rings is 1. The quantitative estimate of drug-likeness (QED) is 0.489. The second kappa shape index (κ2) is 7.96. The van der Waals surface area contributed by atoms with Gasteiger partial charge in [0, 0.05) is 48.8 Å². The molecule has 0 bridgehead atoms. The Morgan fingerprint density at radius 3 is 2.79 bits per heavy atom.